The van der Waals surface area contributed by atoms with Gasteiger partial charge in [0.15, 0.2) is 0 Å². The van der Waals surface area contributed by atoms with E-state index < -0.39 is 35.4 Å². The summed E-state index contributed by atoms with van der Waals surface area (Å²) in [6.07, 6.45) is -3.42. The summed E-state index contributed by atoms with van der Waals surface area (Å²) in [4.78, 5) is 25.3. The number of aromatic nitrogens is 2. The van der Waals surface area contributed by atoms with Crippen molar-refractivity contribution in [1.82, 2.24) is 15.1 Å². The van der Waals surface area contributed by atoms with Crippen LogP contribution in [0.1, 0.15) is 64.1 Å². The largest absolute Gasteiger partial charge is 0.416 e. The van der Waals surface area contributed by atoms with E-state index in [1.54, 1.807) is 13.8 Å². The highest BCUT2D eigenvalue weighted by atomic mass is 19.4. The van der Waals surface area contributed by atoms with Crippen LogP contribution < -0.4 is 10.9 Å². The summed E-state index contributed by atoms with van der Waals surface area (Å²) in [5, 5.41) is 17.3. The Morgan fingerprint density at radius 2 is 1.90 bits per heavy atom. The average Bonchev–Trinajstić information content (AvgIpc) is 2.67. The van der Waals surface area contributed by atoms with Crippen LogP contribution in [0.5, 0.6) is 0 Å². The van der Waals surface area contributed by atoms with E-state index in [9.17, 15) is 27.9 Å². The lowest BCUT2D eigenvalue weighted by Gasteiger charge is -2.23. The van der Waals surface area contributed by atoms with Crippen molar-refractivity contribution in [2.75, 3.05) is 0 Å². The third kappa shape index (κ3) is 5.38. The molecule has 2 rings (SSSR count). The molecule has 0 fully saturated rings. The lowest BCUT2D eigenvalue weighted by molar-refractivity contribution is -0.137. The van der Waals surface area contributed by atoms with E-state index in [2.05, 4.69) is 10.4 Å². The van der Waals surface area contributed by atoms with Crippen molar-refractivity contribution >= 4 is 16.7 Å². The minimum Gasteiger partial charge on any atom is -0.391 e. The first-order valence-corrected chi connectivity index (χ1v) is 10.1. The number of halogens is 3. The van der Waals surface area contributed by atoms with Gasteiger partial charge in [-0.15, -0.1) is 0 Å². The van der Waals surface area contributed by atoms with Gasteiger partial charge in [-0.3, -0.25) is 9.59 Å². The number of rotatable bonds is 8. The molecule has 166 valence electrons. The third-order valence-corrected chi connectivity index (χ3v) is 4.99. The lowest BCUT2D eigenvalue weighted by atomic mass is 10.0. The molecule has 1 heterocycles. The van der Waals surface area contributed by atoms with Gasteiger partial charge in [0.2, 0.25) is 5.91 Å². The maximum Gasteiger partial charge on any atom is 0.416 e. The first-order chi connectivity index (χ1) is 14.0. The fraction of sp³-hybridized carbons (Fsp3) is 0.571. The Hall–Kier alpha value is -2.42. The molecule has 0 saturated heterocycles. The van der Waals surface area contributed by atoms with Crippen LogP contribution in [0.15, 0.2) is 23.0 Å². The third-order valence-electron chi connectivity index (χ3n) is 4.99. The van der Waals surface area contributed by atoms with Gasteiger partial charge in [0.05, 0.1) is 28.8 Å². The minimum atomic E-state index is -4.54. The molecule has 30 heavy (non-hydrogen) atoms. The van der Waals surface area contributed by atoms with Gasteiger partial charge in [0.1, 0.15) is 6.54 Å². The Morgan fingerprint density at radius 1 is 1.23 bits per heavy atom. The number of alkyl halides is 3. The highest BCUT2D eigenvalue weighted by molar-refractivity contribution is 5.85. The number of hydrogen-bond acceptors (Lipinski definition) is 4. The van der Waals surface area contributed by atoms with Crippen LogP contribution in [0, 0.1) is 0 Å². The minimum absolute atomic E-state index is 0.0764. The Kier molecular flexibility index (Phi) is 7.63. The first kappa shape index (κ1) is 23.9. The van der Waals surface area contributed by atoms with Crippen LogP contribution >= 0.6 is 0 Å². The molecule has 2 aromatic rings. The van der Waals surface area contributed by atoms with Crippen molar-refractivity contribution in [2.24, 2.45) is 0 Å². The second kappa shape index (κ2) is 9.59. The molecule has 1 aromatic carbocycles. The summed E-state index contributed by atoms with van der Waals surface area (Å²) in [5.41, 5.74) is -1.19. The summed E-state index contributed by atoms with van der Waals surface area (Å²) in [5.74, 6) is -0.756. The molecule has 0 saturated carbocycles. The zero-order chi connectivity index (χ0) is 22.6. The molecule has 0 spiro atoms. The van der Waals surface area contributed by atoms with Crippen molar-refractivity contribution < 1.29 is 23.1 Å². The molecule has 2 N–H and O–H groups in total. The standard InChI is InChI=1S/C21H28F3N3O3/c1-5-7-17(28)16(6-2)25-18(29)11-27-20(30)14-9-8-13(21(22,23)24)10-15(14)19(26-27)12(3)4/h8-10,12,16-17,28H,5-7,11H2,1-4H3,(H,25,29)/t16-,17+/m0/s1. The smallest absolute Gasteiger partial charge is 0.391 e. The zero-order valence-electron chi connectivity index (χ0n) is 17.6. The van der Waals surface area contributed by atoms with Crippen LogP contribution in [0.3, 0.4) is 0 Å². The van der Waals surface area contributed by atoms with Gasteiger partial charge in [0, 0.05) is 5.39 Å². The monoisotopic (exact) mass is 427 g/mol. The summed E-state index contributed by atoms with van der Waals surface area (Å²) in [7, 11) is 0. The van der Waals surface area contributed by atoms with Gasteiger partial charge in [-0.2, -0.15) is 18.3 Å². The summed E-state index contributed by atoms with van der Waals surface area (Å²) < 4.78 is 40.3. The molecule has 6 nitrogen and oxygen atoms in total. The number of hydrogen-bond donors (Lipinski definition) is 2. The Morgan fingerprint density at radius 3 is 2.43 bits per heavy atom. The van der Waals surface area contributed by atoms with Crippen LogP contribution in [-0.4, -0.2) is 32.9 Å². The van der Waals surface area contributed by atoms with Crippen LogP contribution in [0.4, 0.5) is 13.2 Å². The normalized spacial score (nSPS) is 14.2. The molecule has 2 atom stereocenters. The number of nitrogens with zero attached hydrogens (tertiary/aromatic N) is 2. The van der Waals surface area contributed by atoms with Crippen LogP contribution in [0.25, 0.3) is 10.8 Å². The SMILES string of the molecule is CCC[C@@H](O)[C@H](CC)NC(=O)Cn1nc(C(C)C)c2cc(C(F)(F)F)ccc2c1=O. The zero-order valence-corrected chi connectivity index (χ0v) is 17.6. The Balaban J connectivity index is 2.42. The fourth-order valence-corrected chi connectivity index (χ4v) is 3.38. The molecule has 9 heteroatoms. The van der Waals surface area contributed by atoms with Crippen molar-refractivity contribution in [1.29, 1.82) is 0 Å². The van der Waals surface area contributed by atoms with Gasteiger partial charge < -0.3 is 10.4 Å². The highest BCUT2D eigenvalue weighted by Gasteiger charge is 2.31. The fourth-order valence-electron chi connectivity index (χ4n) is 3.38. The van der Waals surface area contributed by atoms with Gasteiger partial charge in [-0.25, -0.2) is 4.68 Å². The van der Waals surface area contributed by atoms with E-state index in [0.717, 1.165) is 29.3 Å². The Bertz CT molecular complexity index is 954. The molecule has 1 aromatic heterocycles. The van der Waals surface area contributed by atoms with Crippen molar-refractivity contribution in [3.05, 3.63) is 39.8 Å². The predicted molar refractivity (Wildman–Crippen MR) is 108 cm³/mol. The number of carbonyl (C=O) groups excluding carboxylic acids is 1. The first-order valence-electron chi connectivity index (χ1n) is 10.1. The van der Waals surface area contributed by atoms with Gasteiger partial charge in [-0.05, 0) is 37.0 Å². The molecule has 0 bridgehead atoms. The maximum atomic E-state index is 13.1. The van der Waals surface area contributed by atoms with E-state index in [1.807, 2.05) is 13.8 Å². The van der Waals surface area contributed by atoms with Gasteiger partial charge >= 0.3 is 6.18 Å². The van der Waals surface area contributed by atoms with E-state index in [-0.39, 0.29) is 23.2 Å². The number of nitrogens with one attached hydrogen (secondary N) is 1. The van der Waals surface area contributed by atoms with E-state index in [1.165, 1.54) is 0 Å². The quantitative estimate of drug-likeness (QED) is 0.674. The molecule has 0 unspecified atom stereocenters. The van der Waals surface area contributed by atoms with E-state index in [4.69, 9.17) is 0 Å². The summed E-state index contributed by atoms with van der Waals surface area (Å²) in [6, 6.07) is 2.46. The van der Waals surface area contributed by atoms with Crippen molar-refractivity contribution in [3.8, 4) is 0 Å². The summed E-state index contributed by atoms with van der Waals surface area (Å²) in [6.45, 7) is 6.88. The van der Waals surface area contributed by atoms with Crippen LogP contribution in [0.2, 0.25) is 0 Å². The van der Waals surface area contributed by atoms with Gasteiger partial charge in [0.25, 0.3) is 5.56 Å². The molecule has 1 amide bonds. The number of fused-ring (bicyclic) bond motifs is 1. The van der Waals surface area contributed by atoms with E-state index >= 15 is 0 Å². The highest BCUT2D eigenvalue weighted by Crippen LogP contribution is 2.32. The van der Waals surface area contributed by atoms with Crippen molar-refractivity contribution in [2.45, 2.75) is 77.7 Å². The topological polar surface area (TPSA) is 84.2 Å². The molecule has 0 radical (unpaired) electrons. The number of aliphatic hydroxyl groups excluding tert-OH is 1. The lowest BCUT2D eigenvalue weighted by Crippen LogP contribution is -2.45. The predicted octanol–water partition coefficient (Wildman–Crippen LogP) is 3.59. The average molecular weight is 427 g/mol. The molecule has 0 aliphatic rings. The van der Waals surface area contributed by atoms with Crippen molar-refractivity contribution in [3.63, 3.8) is 0 Å². The molecule has 0 aliphatic heterocycles. The second-order valence-corrected chi connectivity index (χ2v) is 7.70. The number of amides is 1. The maximum absolute atomic E-state index is 13.1. The number of carbonyl (C=O) groups is 1. The molecule has 0 aliphatic carbocycles. The van der Waals surface area contributed by atoms with Crippen LogP contribution in [-0.2, 0) is 17.5 Å². The number of aliphatic hydroxyl groups is 1. The summed E-state index contributed by atoms with van der Waals surface area (Å²) >= 11 is 0. The Labute approximate surface area is 173 Å². The van der Waals surface area contributed by atoms with E-state index in [0.29, 0.717) is 18.5 Å². The van der Waals surface area contributed by atoms with Gasteiger partial charge in [-0.1, -0.05) is 34.1 Å². The molecular formula is C21H28F3N3O3. The second-order valence-electron chi connectivity index (χ2n) is 7.70. The number of benzene rings is 1. The molecular weight excluding hydrogens is 399 g/mol.